The molecule has 0 fully saturated rings. The van der Waals surface area contributed by atoms with Crippen molar-refractivity contribution >= 4 is 40.9 Å². The molecule has 1 atom stereocenters. The van der Waals surface area contributed by atoms with Gasteiger partial charge in [0.2, 0.25) is 11.8 Å². The molecule has 1 unspecified atom stereocenters. The lowest BCUT2D eigenvalue weighted by Crippen LogP contribution is -2.43. The first-order valence-corrected chi connectivity index (χ1v) is 14.9. The molecule has 0 saturated heterocycles. The molecule has 10 nitrogen and oxygen atoms in total. The molecule has 2 aromatic carbocycles. The summed E-state index contributed by atoms with van der Waals surface area (Å²) in [6.07, 6.45) is 6.04. The Bertz CT molecular complexity index is 1230. The summed E-state index contributed by atoms with van der Waals surface area (Å²) in [5, 5.41) is 19.5. The molecule has 0 aliphatic rings. The molecule has 0 spiro atoms. The number of carbonyl (C=O) groups excluding carboxylic acids is 3. The number of esters is 1. The Hall–Kier alpha value is -4.12. The highest BCUT2D eigenvalue weighted by Gasteiger charge is 2.21. The van der Waals surface area contributed by atoms with Gasteiger partial charge in [-0.2, -0.15) is 11.8 Å². The fourth-order valence-corrected chi connectivity index (χ4v) is 4.73. The Morgan fingerprint density at radius 2 is 1.64 bits per heavy atom. The van der Waals surface area contributed by atoms with Crippen molar-refractivity contribution in [3.05, 3.63) is 93.6 Å². The van der Waals surface area contributed by atoms with Crippen molar-refractivity contribution in [2.24, 2.45) is 0 Å². The Labute approximate surface area is 251 Å². The number of methoxy groups -OCH3 is 1. The zero-order chi connectivity index (χ0) is 30.7. The van der Waals surface area contributed by atoms with E-state index in [1.807, 2.05) is 37.3 Å². The highest BCUT2D eigenvalue weighted by molar-refractivity contribution is 7.99. The number of carbonyl (C=O) groups is 3. The van der Waals surface area contributed by atoms with E-state index in [1.165, 1.54) is 42.2 Å². The average Bonchev–Trinajstić information content (AvgIpc) is 2.99. The summed E-state index contributed by atoms with van der Waals surface area (Å²) >= 11 is 1.51. The maximum absolute atomic E-state index is 12.4. The zero-order valence-electron chi connectivity index (χ0n) is 24.4. The van der Waals surface area contributed by atoms with Gasteiger partial charge in [0, 0.05) is 55.3 Å². The molecule has 11 heteroatoms. The van der Waals surface area contributed by atoms with E-state index in [1.54, 1.807) is 12.1 Å². The predicted octanol–water partition coefficient (Wildman–Crippen LogP) is 5.17. The van der Waals surface area contributed by atoms with Crippen LogP contribution < -0.4 is 16.0 Å². The first-order valence-electron chi connectivity index (χ1n) is 13.7. The topological polar surface area (TPSA) is 140 Å². The minimum atomic E-state index is -0.789. The SMILES string of the molecule is COC(=O)C(CSCC=C(C)CCC=C(C)CNc1ccc([N+](=O)[O-])cc1)NC(=O)CCC(=O)NCc1ccccc1. The number of ether oxygens (including phenoxy) is 1. The minimum absolute atomic E-state index is 0.0197. The second-order valence-electron chi connectivity index (χ2n) is 9.74. The van der Waals surface area contributed by atoms with Gasteiger partial charge in [0.15, 0.2) is 0 Å². The van der Waals surface area contributed by atoms with E-state index < -0.39 is 16.9 Å². The van der Waals surface area contributed by atoms with Crippen LogP contribution in [0, 0.1) is 10.1 Å². The smallest absolute Gasteiger partial charge is 0.329 e. The lowest BCUT2D eigenvalue weighted by Gasteiger charge is -2.16. The highest BCUT2D eigenvalue weighted by atomic mass is 32.2. The van der Waals surface area contributed by atoms with Gasteiger partial charge in [-0.25, -0.2) is 4.79 Å². The number of amides is 2. The number of thioether (sulfide) groups is 1. The van der Waals surface area contributed by atoms with Crippen LogP contribution >= 0.6 is 11.8 Å². The summed E-state index contributed by atoms with van der Waals surface area (Å²) in [6, 6.07) is 15.1. The number of hydrogen-bond donors (Lipinski definition) is 3. The number of allylic oxidation sites excluding steroid dienone is 2. The Morgan fingerprint density at radius 1 is 0.952 bits per heavy atom. The van der Waals surface area contributed by atoms with Crippen molar-refractivity contribution in [1.82, 2.24) is 10.6 Å². The van der Waals surface area contributed by atoms with Crippen LogP contribution in [0.3, 0.4) is 0 Å². The summed E-state index contributed by atoms with van der Waals surface area (Å²) in [5.41, 5.74) is 4.25. The number of hydrogen-bond acceptors (Lipinski definition) is 8. The summed E-state index contributed by atoms with van der Waals surface area (Å²) in [4.78, 5) is 47.0. The van der Waals surface area contributed by atoms with Gasteiger partial charge < -0.3 is 20.7 Å². The van der Waals surface area contributed by atoms with E-state index in [9.17, 15) is 24.5 Å². The van der Waals surface area contributed by atoms with Gasteiger partial charge in [0.1, 0.15) is 6.04 Å². The number of anilines is 1. The molecule has 2 aromatic rings. The number of non-ortho nitro benzene ring substituents is 1. The van der Waals surface area contributed by atoms with Crippen LogP contribution in [0.5, 0.6) is 0 Å². The van der Waals surface area contributed by atoms with E-state index in [0.717, 1.165) is 24.1 Å². The first kappa shape index (κ1) is 34.1. The van der Waals surface area contributed by atoms with Gasteiger partial charge in [-0.1, -0.05) is 53.6 Å². The van der Waals surface area contributed by atoms with Gasteiger partial charge in [-0.3, -0.25) is 19.7 Å². The van der Waals surface area contributed by atoms with E-state index in [4.69, 9.17) is 4.74 Å². The van der Waals surface area contributed by atoms with Crippen LogP contribution in [-0.2, 0) is 25.7 Å². The molecule has 226 valence electrons. The van der Waals surface area contributed by atoms with Crippen LogP contribution in [0.15, 0.2) is 77.9 Å². The standard InChI is InChI=1S/C31H40N4O6S/c1-23(8-7-9-24(2)20-32-26-12-14-27(15-13-26)35(39)40)18-19-42-22-28(31(38)41-3)34-30(37)17-16-29(36)33-21-25-10-5-4-6-11-25/h4-6,9-15,18,28,32H,7-8,16-17,19-22H2,1-3H3,(H,33,36)(H,34,37). The molecule has 0 bridgehead atoms. The van der Waals surface area contributed by atoms with Crippen molar-refractivity contribution in [3.8, 4) is 0 Å². The maximum Gasteiger partial charge on any atom is 0.329 e. The van der Waals surface area contributed by atoms with Crippen molar-refractivity contribution in [2.75, 3.05) is 30.5 Å². The van der Waals surface area contributed by atoms with E-state index in [-0.39, 0.29) is 30.3 Å². The molecular weight excluding hydrogens is 556 g/mol. The molecule has 0 aromatic heterocycles. The zero-order valence-corrected chi connectivity index (χ0v) is 25.2. The molecule has 2 rings (SSSR count). The van der Waals surface area contributed by atoms with Crippen molar-refractivity contribution < 1.29 is 24.0 Å². The lowest BCUT2D eigenvalue weighted by atomic mass is 10.1. The lowest BCUT2D eigenvalue weighted by molar-refractivity contribution is -0.384. The van der Waals surface area contributed by atoms with Crippen LogP contribution in [0.2, 0.25) is 0 Å². The highest BCUT2D eigenvalue weighted by Crippen LogP contribution is 2.16. The number of nitro groups is 1. The molecule has 3 N–H and O–H groups in total. The number of nitro benzene ring substituents is 1. The van der Waals surface area contributed by atoms with Gasteiger partial charge in [0.05, 0.1) is 12.0 Å². The third-order valence-electron chi connectivity index (χ3n) is 6.25. The quantitative estimate of drug-likeness (QED) is 0.0704. The maximum atomic E-state index is 12.4. The van der Waals surface area contributed by atoms with Crippen molar-refractivity contribution in [2.45, 2.75) is 52.1 Å². The van der Waals surface area contributed by atoms with E-state index >= 15 is 0 Å². The minimum Gasteiger partial charge on any atom is -0.467 e. The molecule has 0 radical (unpaired) electrons. The summed E-state index contributed by atoms with van der Waals surface area (Å²) in [6.45, 7) is 5.13. The van der Waals surface area contributed by atoms with Gasteiger partial charge in [-0.15, -0.1) is 0 Å². The third kappa shape index (κ3) is 14.0. The Kier molecular flexibility index (Phi) is 15.5. The molecule has 0 heterocycles. The van der Waals surface area contributed by atoms with Gasteiger partial charge in [0.25, 0.3) is 5.69 Å². The summed E-state index contributed by atoms with van der Waals surface area (Å²) in [7, 11) is 1.28. The van der Waals surface area contributed by atoms with Crippen LogP contribution in [-0.4, -0.2) is 53.9 Å². The van der Waals surface area contributed by atoms with E-state index in [2.05, 4.69) is 35.0 Å². The van der Waals surface area contributed by atoms with Crippen LogP contribution in [0.4, 0.5) is 11.4 Å². The molecule has 0 aliphatic heterocycles. The molecule has 0 aliphatic carbocycles. The monoisotopic (exact) mass is 596 g/mol. The third-order valence-corrected chi connectivity index (χ3v) is 7.22. The number of nitrogens with one attached hydrogen (secondary N) is 3. The Balaban J connectivity index is 1.66. The number of benzene rings is 2. The van der Waals surface area contributed by atoms with Crippen molar-refractivity contribution in [1.29, 1.82) is 0 Å². The first-order chi connectivity index (χ1) is 20.2. The second-order valence-corrected chi connectivity index (χ2v) is 10.8. The normalized spacial score (nSPS) is 12.3. The largest absolute Gasteiger partial charge is 0.467 e. The second kappa shape index (κ2) is 19.1. The van der Waals surface area contributed by atoms with Crippen molar-refractivity contribution in [3.63, 3.8) is 0 Å². The predicted molar refractivity (Wildman–Crippen MR) is 167 cm³/mol. The Morgan fingerprint density at radius 3 is 2.31 bits per heavy atom. The van der Waals surface area contributed by atoms with Gasteiger partial charge >= 0.3 is 5.97 Å². The molecule has 42 heavy (non-hydrogen) atoms. The fourth-order valence-electron chi connectivity index (χ4n) is 3.74. The summed E-state index contributed by atoms with van der Waals surface area (Å²) in [5.74, 6) is -0.0905. The average molecular weight is 597 g/mol. The number of rotatable bonds is 18. The summed E-state index contributed by atoms with van der Waals surface area (Å²) < 4.78 is 4.84. The molecular formula is C31H40N4O6S. The molecule has 0 saturated carbocycles. The van der Waals surface area contributed by atoms with Gasteiger partial charge in [-0.05, 0) is 44.4 Å². The van der Waals surface area contributed by atoms with Crippen LogP contribution in [0.25, 0.3) is 0 Å². The number of nitrogens with zero attached hydrogens (tertiary/aromatic N) is 1. The van der Waals surface area contributed by atoms with E-state index in [0.29, 0.717) is 24.6 Å². The van der Waals surface area contributed by atoms with Crippen LogP contribution in [0.1, 0.15) is 45.1 Å². The fraction of sp³-hybridized carbons (Fsp3) is 0.387. The molecule has 2 amide bonds.